The van der Waals surface area contributed by atoms with Gasteiger partial charge in [0.25, 0.3) is 16.7 Å². The summed E-state index contributed by atoms with van der Waals surface area (Å²) in [6, 6.07) is 14.3. The summed E-state index contributed by atoms with van der Waals surface area (Å²) in [4.78, 5) is 88.5. The summed E-state index contributed by atoms with van der Waals surface area (Å²) in [5.41, 5.74) is -5.89. The molecule has 0 spiro atoms. The second-order valence-electron chi connectivity index (χ2n) is 22.4. The third-order valence-corrected chi connectivity index (χ3v) is 19.3. The Labute approximate surface area is 553 Å². The number of pyridine rings is 2. The molecule has 0 saturated carbocycles. The van der Waals surface area contributed by atoms with Crippen LogP contribution in [0.15, 0.2) is 92.4 Å². The van der Waals surface area contributed by atoms with Gasteiger partial charge in [-0.05, 0) is 58.2 Å². The molecule has 0 amide bonds. The normalized spacial score (nSPS) is 27.7. The number of hydrogen-bond donors (Lipinski definition) is 6. The lowest BCUT2D eigenvalue weighted by atomic mass is 9.91. The van der Waals surface area contributed by atoms with Gasteiger partial charge in [-0.2, -0.15) is 0 Å². The maximum atomic E-state index is 12.8. The van der Waals surface area contributed by atoms with Crippen molar-refractivity contribution in [2.24, 2.45) is 0 Å². The molecule has 4 aliphatic heterocycles. The first-order chi connectivity index (χ1) is 45.2. The Kier molecular flexibility index (Phi) is 31.9. The number of ether oxygens (including phenoxy) is 12. The summed E-state index contributed by atoms with van der Waals surface area (Å²) in [5.74, 6) is 0. The van der Waals surface area contributed by atoms with Crippen LogP contribution in [0.5, 0.6) is 0 Å². The molecule has 4 fully saturated rings. The van der Waals surface area contributed by atoms with Crippen LogP contribution >= 0.6 is 31.2 Å². The third-order valence-electron chi connectivity index (χ3n) is 15.2. The quantitative estimate of drug-likeness (QED) is 0.0392. The number of nitrogens with zero attached hydrogens (tertiary/aromatic N) is 3. The summed E-state index contributed by atoms with van der Waals surface area (Å²) in [7, 11) is -6.34. The lowest BCUT2D eigenvalue weighted by Gasteiger charge is -2.43. The van der Waals surface area contributed by atoms with Gasteiger partial charge in [0, 0.05) is 106 Å². The van der Waals surface area contributed by atoms with Gasteiger partial charge in [0.15, 0.2) is 0 Å². The second kappa shape index (κ2) is 37.1. The van der Waals surface area contributed by atoms with E-state index in [1.54, 1.807) is 64.5 Å². The molecule has 6 N–H and O–H groups in total. The Hall–Kier alpha value is -3.98. The minimum Gasteiger partial charge on any atom is -0.382 e. The number of aromatic amines is 1. The SMILES string of the molecule is COC[C@]1(OC(C)C)CCOC[C@@H]1OP(=O)(O)OC.COC[C@]1(OC(C)n2ccc(=O)[nH]c2=O)COC[C@@H]1NP(=O)(O)OC.COC[C@]1(OC(C)n2ccc3ccccc3c2=O)COC[C@@H]1OP(=O)(O)OC.COC[C@]1(OC(C)n2ccccc2=O)COC[C@@H]1OP(=O)(O)OC. The lowest BCUT2D eigenvalue weighted by molar-refractivity contribution is -0.213. The highest BCUT2D eigenvalue weighted by Crippen LogP contribution is 2.50. The van der Waals surface area contributed by atoms with Gasteiger partial charge >= 0.3 is 36.9 Å². The Balaban J connectivity index is 0.000000234. The maximum Gasteiger partial charge on any atom is 0.472 e. The molecule has 7 unspecified atom stereocenters. The number of methoxy groups -OCH3 is 4. The fourth-order valence-corrected chi connectivity index (χ4v) is 13.5. The van der Waals surface area contributed by atoms with Crippen molar-refractivity contribution in [2.45, 2.75) is 113 Å². The molecule has 0 radical (unpaired) electrons. The fourth-order valence-electron chi connectivity index (χ4n) is 10.7. The van der Waals surface area contributed by atoms with Crippen molar-refractivity contribution in [1.82, 2.24) is 23.8 Å². The number of phosphoric acid groups is 3. The van der Waals surface area contributed by atoms with E-state index in [1.165, 1.54) is 53.4 Å². The van der Waals surface area contributed by atoms with Gasteiger partial charge in [-0.15, -0.1) is 0 Å². The molecule has 4 aromatic rings. The average Bonchev–Trinajstić information content (AvgIpc) is 1.57. The highest BCUT2D eigenvalue weighted by Gasteiger charge is 2.54. The molecular formula is C56H91N5O31P4. The molecule has 3 aromatic heterocycles. The summed E-state index contributed by atoms with van der Waals surface area (Å²) < 4.78 is 151. The molecule has 0 bridgehead atoms. The van der Waals surface area contributed by atoms with Crippen LogP contribution < -0.4 is 27.5 Å². The van der Waals surface area contributed by atoms with Gasteiger partial charge in [-0.3, -0.25) is 60.2 Å². The summed E-state index contributed by atoms with van der Waals surface area (Å²) in [6.45, 7) is 10.2. The highest BCUT2D eigenvalue weighted by molar-refractivity contribution is 7.50. The predicted molar refractivity (Wildman–Crippen MR) is 339 cm³/mol. The molecule has 4 aliphatic rings. The van der Waals surface area contributed by atoms with E-state index in [-0.39, 0.29) is 89.9 Å². The molecule has 96 heavy (non-hydrogen) atoms. The Morgan fingerprint density at radius 3 is 1.48 bits per heavy atom. The van der Waals surface area contributed by atoms with E-state index in [1.807, 2.05) is 32.0 Å². The van der Waals surface area contributed by atoms with E-state index in [2.05, 4.69) is 28.2 Å². The van der Waals surface area contributed by atoms with Crippen LogP contribution in [-0.2, 0) is 107 Å². The number of benzene rings is 1. The summed E-state index contributed by atoms with van der Waals surface area (Å²) in [5, 5.41) is 3.87. The minimum atomic E-state index is -4.27. The summed E-state index contributed by atoms with van der Waals surface area (Å²) >= 11 is 0. The van der Waals surface area contributed by atoms with E-state index in [9.17, 15) is 57.0 Å². The fraction of sp³-hybridized carbons (Fsp3) is 0.679. The van der Waals surface area contributed by atoms with Gasteiger partial charge in [0.2, 0.25) is 0 Å². The third kappa shape index (κ3) is 22.8. The molecular weight excluding hydrogens is 1360 g/mol. The van der Waals surface area contributed by atoms with Crippen LogP contribution in [0.4, 0.5) is 0 Å². The Bertz CT molecular complexity index is 3520. The molecule has 15 atom stereocenters. The van der Waals surface area contributed by atoms with Crippen LogP contribution in [-0.4, -0.2) is 227 Å². The largest absolute Gasteiger partial charge is 0.472 e. The first-order valence-electron chi connectivity index (χ1n) is 29.7. The van der Waals surface area contributed by atoms with Crippen molar-refractivity contribution in [2.75, 3.05) is 136 Å². The van der Waals surface area contributed by atoms with Crippen molar-refractivity contribution >= 4 is 42.0 Å². The number of rotatable bonds is 31. The van der Waals surface area contributed by atoms with Gasteiger partial charge < -0.3 is 80.9 Å². The van der Waals surface area contributed by atoms with Crippen LogP contribution in [0.2, 0.25) is 0 Å². The number of fused-ring (bicyclic) bond motifs is 1. The molecule has 4 saturated heterocycles. The van der Waals surface area contributed by atoms with Gasteiger partial charge in [0.1, 0.15) is 59.4 Å². The monoisotopic (exact) mass is 1450 g/mol. The van der Waals surface area contributed by atoms with E-state index in [0.717, 1.165) is 33.8 Å². The van der Waals surface area contributed by atoms with Crippen LogP contribution in [0.25, 0.3) is 10.8 Å². The zero-order chi connectivity index (χ0) is 71.3. The molecule has 1 aromatic carbocycles. The molecule has 40 heteroatoms. The van der Waals surface area contributed by atoms with E-state index < -0.39 is 108 Å². The highest BCUT2D eigenvalue weighted by atomic mass is 31.2. The summed E-state index contributed by atoms with van der Waals surface area (Å²) in [6.07, 6.45) is 0.286. The van der Waals surface area contributed by atoms with Crippen molar-refractivity contribution in [3.8, 4) is 0 Å². The van der Waals surface area contributed by atoms with E-state index in [0.29, 0.717) is 18.4 Å². The number of phosphoric ester groups is 3. The molecule has 8 rings (SSSR count). The van der Waals surface area contributed by atoms with Crippen molar-refractivity contribution in [1.29, 1.82) is 0 Å². The van der Waals surface area contributed by atoms with Crippen molar-refractivity contribution in [3.05, 3.63) is 115 Å². The van der Waals surface area contributed by atoms with Crippen LogP contribution in [0, 0.1) is 0 Å². The predicted octanol–water partition coefficient (Wildman–Crippen LogP) is 3.56. The van der Waals surface area contributed by atoms with Gasteiger partial charge in [0.05, 0.1) is 84.8 Å². The van der Waals surface area contributed by atoms with E-state index >= 15 is 0 Å². The second-order valence-corrected chi connectivity index (χ2v) is 28.6. The van der Waals surface area contributed by atoms with Gasteiger partial charge in [-0.25, -0.2) is 28.1 Å². The van der Waals surface area contributed by atoms with Crippen molar-refractivity contribution < 1.29 is 126 Å². The number of nitrogens with one attached hydrogen (secondary N) is 2. The zero-order valence-corrected chi connectivity index (χ0v) is 59.3. The van der Waals surface area contributed by atoms with E-state index in [4.69, 9.17) is 70.4 Å². The number of aromatic nitrogens is 4. The molecule has 36 nitrogen and oxygen atoms in total. The standard InChI is InChI=1S/C18H24NO8P.C14H22NO8P.C13H22N3O8P.C11H23O7P/c1-13(19-9-8-14-6-4-5-7-15(14)17(19)20)26-18(11-23-2)12-25-10-16(18)27-28(21,22)24-3;1-11(15-7-5-4-6-13(15)16)22-14(9-19-2)10-21-8-12(14)23-24(17,18)20-3;1-9(16-5-4-11(17)14-12(16)18)24-13(7-21-2)8-23-6-10(13)15-25(19,20)22-3;1-9(2)17-11(8-14-3)5-6-16-7-10(11)18-19(12,13)15-4/h4-9,13,16H,10-12H2,1-3H3,(H,21,22);4-7,11-12H,8-10H2,1-3H3,(H,17,18);4-5,9-10H,6-8H2,1-3H3,(H,14,17,18)(H2,15,19,20);9-10H,5-8H2,1-4H3,(H,12,13)/t13?,16-,18-;11?,12-,14-;9?,10-,13-;10-,11+/m0000/s1. The lowest BCUT2D eigenvalue weighted by Crippen LogP contribution is -2.56. The van der Waals surface area contributed by atoms with Crippen LogP contribution in [0.1, 0.15) is 59.7 Å². The number of H-pyrrole nitrogens is 1. The average molecular weight is 1450 g/mol. The Morgan fingerprint density at radius 2 is 0.969 bits per heavy atom. The smallest absolute Gasteiger partial charge is 0.382 e. The van der Waals surface area contributed by atoms with Gasteiger partial charge in [-0.1, -0.05) is 24.3 Å². The topological polar surface area (TPSA) is 435 Å². The molecule has 0 aliphatic carbocycles. The molecule has 546 valence electrons. The van der Waals surface area contributed by atoms with Crippen LogP contribution in [0.3, 0.4) is 0 Å². The first kappa shape index (κ1) is 82.7. The Morgan fingerprint density at radius 1 is 0.521 bits per heavy atom. The minimum absolute atomic E-state index is 0.0244. The zero-order valence-electron chi connectivity index (χ0n) is 55.7. The number of hydrogen-bond acceptors (Lipinski definition) is 27. The first-order valence-corrected chi connectivity index (χ1v) is 35.7. The molecule has 7 heterocycles. The van der Waals surface area contributed by atoms with Crippen molar-refractivity contribution in [3.63, 3.8) is 0 Å². The maximum absolute atomic E-state index is 12.8.